The Morgan fingerprint density at radius 3 is 2.95 bits per heavy atom. The Morgan fingerprint density at radius 2 is 2.29 bits per heavy atom. The van der Waals surface area contributed by atoms with Crippen molar-refractivity contribution in [2.24, 2.45) is 0 Å². The van der Waals surface area contributed by atoms with Crippen molar-refractivity contribution < 1.29 is 9.47 Å². The van der Waals surface area contributed by atoms with Crippen molar-refractivity contribution in [2.75, 3.05) is 18.6 Å². The van der Waals surface area contributed by atoms with Gasteiger partial charge in [-0.2, -0.15) is 5.10 Å². The third kappa shape index (κ3) is 4.09. The molecule has 112 valence electrons. The molecule has 0 saturated carbocycles. The minimum atomic E-state index is 0.446. The largest absolute Gasteiger partial charge is 0.490 e. The molecular formula is C14H18N4O2S. The summed E-state index contributed by atoms with van der Waals surface area (Å²) in [5.74, 6) is 1.43. The van der Waals surface area contributed by atoms with Crippen molar-refractivity contribution in [1.82, 2.24) is 14.9 Å². The summed E-state index contributed by atoms with van der Waals surface area (Å²) < 4.78 is 13.3. The van der Waals surface area contributed by atoms with Crippen LogP contribution in [-0.4, -0.2) is 28.1 Å². The first kappa shape index (κ1) is 15.1. The Bertz CT molecular complexity index is 650. The van der Waals surface area contributed by atoms with Crippen LogP contribution in [0.3, 0.4) is 0 Å². The number of ether oxygens (including phenoxy) is 2. The van der Waals surface area contributed by atoms with Crippen LogP contribution in [0.1, 0.15) is 12.5 Å². The molecule has 0 aliphatic heterocycles. The molecule has 0 atom stereocenters. The van der Waals surface area contributed by atoms with Gasteiger partial charge in [0.2, 0.25) is 4.77 Å². The van der Waals surface area contributed by atoms with E-state index in [1.165, 1.54) is 0 Å². The molecule has 0 spiro atoms. The zero-order chi connectivity index (χ0) is 15.1. The highest BCUT2D eigenvalue weighted by Gasteiger charge is 2.06. The van der Waals surface area contributed by atoms with Gasteiger partial charge >= 0.3 is 0 Å². The van der Waals surface area contributed by atoms with Crippen molar-refractivity contribution in [2.45, 2.75) is 13.5 Å². The first-order valence-corrected chi connectivity index (χ1v) is 7.00. The summed E-state index contributed by atoms with van der Waals surface area (Å²) >= 11 is 5.07. The first-order valence-electron chi connectivity index (χ1n) is 6.60. The number of hydrogen-bond acceptors (Lipinski definition) is 5. The summed E-state index contributed by atoms with van der Waals surface area (Å²) in [6.45, 7) is 7.19. The minimum Gasteiger partial charge on any atom is -0.490 e. The summed E-state index contributed by atoms with van der Waals surface area (Å²) in [7, 11) is 0. The summed E-state index contributed by atoms with van der Waals surface area (Å²) in [6, 6.07) is 5.80. The van der Waals surface area contributed by atoms with E-state index in [0.29, 0.717) is 30.3 Å². The molecule has 2 N–H and O–H groups in total. The van der Waals surface area contributed by atoms with Crippen molar-refractivity contribution in [3.05, 3.63) is 47.5 Å². The number of rotatable bonds is 8. The van der Waals surface area contributed by atoms with E-state index in [1.54, 1.807) is 17.1 Å². The van der Waals surface area contributed by atoms with Crippen LogP contribution < -0.4 is 14.9 Å². The molecule has 7 heteroatoms. The molecule has 2 rings (SSSR count). The van der Waals surface area contributed by atoms with Gasteiger partial charge in [-0.3, -0.25) is 5.10 Å². The second-order valence-corrected chi connectivity index (χ2v) is 4.57. The summed E-state index contributed by atoms with van der Waals surface area (Å²) in [5, 5.41) is 6.53. The molecule has 0 aliphatic carbocycles. The number of H-pyrrole nitrogens is 1. The topological polar surface area (TPSA) is 64.1 Å². The van der Waals surface area contributed by atoms with Crippen LogP contribution in [-0.2, 0) is 6.54 Å². The van der Waals surface area contributed by atoms with Crippen LogP contribution in [0.4, 0.5) is 0 Å². The fourth-order valence-electron chi connectivity index (χ4n) is 1.74. The molecule has 2 aromatic rings. The number of aromatic nitrogens is 3. The maximum Gasteiger partial charge on any atom is 0.214 e. The normalized spacial score (nSPS) is 10.1. The predicted molar refractivity (Wildman–Crippen MR) is 83.8 cm³/mol. The predicted octanol–water partition coefficient (Wildman–Crippen LogP) is 2.65. The summed E-state index contributed by atoms with van der Waals surface area (Å²) in [4.78, 5) is 0. The SMILES string of the molecule is C=CCOc1ccc(CNn2cn[nH]c2=S)cc1OCC. The maximum absolute atomic E-state index is 5.60. The number of aromatic amines is 1. The lowest BCUT2D eigenvalue weighted by molar-refractivity contribution is 0.296. The van der Waals surface area contributed by atoms with E-state index in [4.69, 9.17) is 21.7 Å². The highest BCUT2D eigenvalue weighted by molar-refractivity contribution is 7.71. The third-order valence-corrected chi connectivity index (χ3v) is 2.96. The molecular weight excluding hydrogens is 288 g/mol. The van der Waals surface area contributed by atoms with Gasteiger partial charge in [0.25, 0.3) is 0 Å². The van der Waals surface area contributed by atoms with Gasteiger partial charge in [0.1, 0.15) is 12.9 Å². The lowest BCUT2D eigenvalue weighted by atomic mass is 10.2. The average Bonchev–Trinajstić information content (AvgIpc) is 2.90. The van der Waals surface area contributed by atoms with Crippen molar-refractivity contribution in [1.29, 1.82) is 0 Å². The van der Waals surface area contributed by atoms with E-state index in [2.05, 4.69) is 22.2 Å². The van der Waals surface area contributed by atoms with Gasteiger partial charge in [-0.1, -0.05) is 18.7 Å². The van der Waals surface area contributed by atoms with Gasteiger partial charge in [0.05, 0.1) is 13.2 Å². The van der Waals surface area contributed by atoms with Crippen LogP contribution >= 0.6 is 12.2 Å². The fraction of sp³-hybridized carbons (Fsp3) is 0.286. The Morgan fingerprint density at radius 1 is 1.43 bits per heavy atom. The zero-order valence-corrected chi connectivity index (χ0v) is 12.7. The van der Waals surface area contributed by atoms with Gasteiger partial charge < -0.3 is 14.9 Å². The molecule has 0 radical (unpaired) electrons. The van der Waals surface area contributed by atoms with Crippen LogP contribution in [0, 0.1) is 4.77 Å². The highest BCUT2D eigenvalue weighted by Crippen LogP contribution is 2.28. The Labute approximate surface area is 128 Å². The summed E-state index contributed by atoms with van der Waals surface area (Å²) in [5.41, 5.74) is 4.20. The Balaban J connectivity index is 2.09. The van der Waals surface area contributed by atoms with Gasteiger partial charge in [0.15, 0.2) is 11.5 Å². The van der Waals surface area contributed by atoms with E-state index in [9.17, 15) is 0 Å². The Hall–Kier alpha value is -2.28. The lowest BCUT2D eigenvalue weighted by Gasteiger charge is -2.13. The van der Waals surface area contributed by atoms with E-state index < -0.39 is 0 Å². The monoisotopic (exact) mass is 306 g/mol. The Kier molecular flexibility index (Phi) is 5.39. The number of nitrogens with zero attached hydrogens (tertiary/aromatic N) is 2. The van der Waals surface area contributed by atoms with E-state index in [1.807, 2.05) is 25.1 Å². The van der Waals surface area contributed by atoms with Gasteiger partial charge in [-0.25, -0.2) is 4.68 Å². The van der Waals surface area contributed by atoms with E-state index >= 15 is 0 Å². The molecule has 6 nitrogen and oxygen atoms in total. The number of benzene rings is 1. The van der Waals surface area contributed by atoms with Gasteiger partial charge in [-0.15, -0.1) is 0 Å². The van der Waals surface area contributed by atoms with Gasteiger partial charge in [-0.05, 0) is 36.8 Å². The van der Waals surface area contributed by atoms with Crippen molar-refractivity contribution >= 4 is 12.2 Å². The molecule has 0 saturated heterocycles. The fourth-order valence-corrected chi connectivity index (χ4v) is 1.90. The smallest absolute Gasteiger partial charge is 0.214 e. The minimum absolute atomic E-state index is 0.446. The van der Waals surface area contributed by atoms with Crippen LogP contribution in [0.2, 0.25) is 0 Å². The molecule has 1 aromatic heterocycles. The number of nitrogens with one attached hydrogen (secondary N) is 2. The lowest BCUT2D eigenvalue weighted by Crippen LogP contribution is -2.13. The molecule has 0 unspecified atom stereocenters. The van der Waals surface area contributed by atoms with E-state index in [-0.39, 0.29) is 0 Å². The highest BCUT2D eigenvalue weighted by atomic mass is 32.1. The van der Waals surface area contributed by atoms with Crippen molar-refractivity contribution in [3.8, 4) is 11.5 Å². The van der Waals surface area contributed by atoms with Crippen molar-refractivity contribution in [3.63, 3.8) is 0 Å². The average molecular weight is 306 g/mol. The molecule has 21 heavy (non-hydrogen) atoms. The summed E-state index contributed by atoms with van der Waals surface area (Å²) in [6.07, 6.45) is 3.29. The van der Waals surface area contributed by atoms with Gasteiger partial charge in [0, 0.05) is 0 Å². The maximum atomic E-state index is 5.60. The molecule has 0 amide bonds. The number of hydrogen-bond donors (Lipinski definition) is 2. The molecule has 0 aliphatic rings. The molecule has 0 bridgehead atoms. The molecule has 0 fully saturated rings. The standard InChI is InChI=1S/C14H18N4O2S/c1-3-7-20-12-6-5-11(8-13(12)19-4-2)9-16-18-10-15-17-14(18)21/h3,5-6,8,10,16H,1,4,7,9H2,2H3,(H,17,21). The second kappa shape index (κ2) is 7.49. The zero-order valence-electron chi connectivity index (χ0n) is 11.8. The van der Waals surface area contributed by atoms with Crippen LogP contribution in [0.25, 0.3) is 0 Å². The quantitative estimate of drug-likeness (QED) is 0.580. The molecule has 1 heterocycles. The van der Waals surface area contributed by atoms with E-state index in [0.717, 1.165) is 11.3 Å². The second-order valence-electron chi connectivity index (χ2n) is 4.18. The third-order valence-electron chi connectivity index (χ3n) is 2.67. The first-order chi connectivity index (χ1) is 10.2. The molecule has 1 aromatic carbocycles. The van der Waals surface area contributed by atoms with Crippen LogP contribution in [0.5, 0.6) is 11.5 Å². The van der Waals surface area contributed by atoms with Crippen LogP contribution in [0.15, 0.2) is 37.2 Å².